The molecule has 0 saturated carbocycles. The van der Waals surface area contributed by atoms with Crippen molar-refractivity contribution in [3.05, 3.63) is 53.6 Å². The molecule has 0 unspecified atom stereocenters. The second-order valence-corrected chi connectivity index (χ2v) is 9.26. The zero-order chi connectivity index (χ0) is 25.6. The van der Waals surface area contributed by atoms with Gasteiger partial charge in [0.1, 0.15) is 5.54 Å². The number of nitrogens with one attached hydrogen (secondary N) is 2. The van der Waals surface area contributed by atoms with Crippen molar-refractivity contribution in [2.45, 2.75) is 30.8 Å². The molecule has 4 atom stereocenters. The predicted octanol–water partition coefficient (Wildman–Crippen LogP) is 1.53. The summed E-state index contributed by atoms with van der Waals surface area (Å²) >= 11 is 0. The summed E-state index contributed by atoms with van der Waals surface area (Å²) in [6, 6.07) is 11.8. The molecule has 0 aromatic heterocycles. The molecule has 0 bridgehead atoms. The number of likely N-dealkylation sites (tertiary alicyclic amines) is 1. The van der Waals surface area contributed by atoms with Crippen molar-refractivity contribution >= 4 is 29.4 Å². The highest BCUT2D eigenvalue weighted by Gasteiger charge is 2.70. The van der Waals surface area contributed by atoms with E-state index in [1.807, 2.05) is 6.07 Å². The number of anilines is 1. The number of hydrogen-bond donors (Lipinski definition) is 3. The fourth-order valence-corrected chi connectivity index (χ4v) is 5.84. The molecule has 0 radical (unpaired) electrons. The van der Waals surface area contributed by atoms with Gasteiger partial charge in [-0.2, -0.15) is 0 Å². The van der Waals surface area contributed by atoms with Crippen LogP contribution in [0.1, 0.15) is 24.0 Å². The Morgan fingerprint density at radius 1 is 1.06 bits per heavy atom. The van der Waals surface area contributed by atoms with Crippen molar-refractivity contribution in [3.8, 4) is 11.5 Å². The number of rotatable bonds is 8. The molecule has 5 rings (SSSR count). The van der Waals surface area contributed by atoms with Crippen molar-refractivity contribution in [1.82, 2.24) is 10.2 Å². The number of aliphatic carboxylic acids is 1. The Balaban J connectivity index is 1.46. The van der Waals surface area contributed by atoms with E-state index < -0.39 is 41.2 Å². The molecule has 3 aliphatic rings. The summed E-state index contributed by atoms with van der Waals surface area (Å²) in [5.74, 6) is -2.90. The Morgan fingerprint density at radius 2 is 1.81 bits per heavy atom. The van der Waals surface area contributed by atoms with E-state index in [1.165, 1.54) is 12.0 Å². The van der Waals surface area contributed by atoms with E-state index in [-0.39, 0.29) is 25.3 Å². The number of nitrogens with zero attached hydrogens (tertiary/aromatic N) is 1. The van der Waals surface area contributed by atoms with Gasteiger partial charge in [0.15, 0.2) is 11.5 Å². The van der Waals surface area contributed by atoms with Gasteiger partial charge in [-0.1, -0.05) is 24.3 Å². The summed E-state index contributed by atoms with van der Waals surface area (Å²) in [6.45, 7) is 0.130. The van der Waals surface area contributed by atoms with Crippen LogP contribution in [0.3, 0.4) is 0 Å². The van der Waals surface area contributed by atoms with Gasteiger partial charge in [-0.05, 0) is 36.6 Å². The minimum absolute atomic E-state index is 0.121. The number of hydrogen-bond acceptors (Lipinski definition) is 7. The normalized spacial score (nSPS) is 26.2. The molecular weight excluding hydrogens is 466 g/mol. The molecule has 3 heterocycles. The van der Waals surface area contributed by atoms with E-state index >= 15 is 0 Å². The van der Waals surface area contributed by atoms with E-state index in [1.54, 1.807) is 43.5 Å². The molecule has 36 heavy (non-hydrogen) atoms. The Kier molecular flexibility index (Phi) is 5.91. The number of imide groups is 1. The van der Waals surface area contributed by atoms with Crippen molar-refractivity contribution in [3.63, 3.8) is 0 Å². The van der Waals surface area contributed by atoms with Crippen LogP contribution in [0.2, 0.25) is 0 Å². The van der Waals surface area contributed by atoms with Crippen LogP contribution in [-0.2, 0) is 31.1 Å². The lowest BCUT2D eigenvalue weighted by Gasteiger charge is -2.29. The van der Waals surface area contributed by atoms with Crippen molar-refractivity contribution in [1.29, 1.82) is 0 Å². The summed E-state index contributed by atoms with van der Waals surface area (Å²) in [5.41, 5.74) is 0.613. The third-order valence-electron chi connectivity index (χ3n) is 7.45. The van der Waals surface area contributed by atoms with E-state index in [2.05, 4.69) is 10.6 Å². The Bertz CT molecular complexity index is 1260. The van der Waals surface area contributed by atoms with Gasteiger partial charge in [-0.15, -0.1) is 0 Å². The van der Waals surface area contributed by atoms with Crippen LogP contribution >= 0.6 is 0 Å². The largest absolute Gasteiger partial charge is 0.493 e. The summed E-state index contributed by atoms with van der Waals surface area (Å²) in [4.78, 5) is 53.2. The lowest BCUT2D eigenvalue weighted by Crippen LogP contribution is -2.53. The molecule has 0 aliphatic carbocycles. The highest BCUT2D eigenvalue weighted by Crippen LogP contribution is 2.53. The van der Waals surface area contributed by atoms with Gasteiger partial charge >= 0.3 is 5.97 Å². The monoisotopic (exact) mass is 493 g/mol. The lowest BCUT2D eigenvalue weighted by molar-refractivity contribution is -0.143. The Hall–Kier alpha value is -3.92. The molecule has 2 aromatic carbocycles. The molecule has 3 aliphatic heterocycles. The zero-order valence-electron chi connectivity index (χ0n) is 19.9. The van der Waals surface area contributed by atoms with Crippen molar-refractivity contribution < 1.29 is 33.8 Å². The third-order valence-corrected chi connectivity index (χ3v) is 7.45. The number of carboxylic acids is 1. The van der Waals surface area contributed by atoms with Crippen LogP contribution in [-0.4, -0.2) is 60.5 Å². The number of carbonyl (C=O) groups is 4. The molecule has 2 fully saturated rings. The van der Waals surface area contributed by atoms with Gasteiger partial charge in [0.2, 0.25) is 17.7 Å². The van der Waals surface area contributed by atoms with Crippen molar-refractivity contribution in [2.24, 2.45) is 11.8 Å². The number of fused-ring (bicyclic) bond motifs is 4. The number of ether oxygens (including phenoxy) is 2. The first-order valence-corrected chi connectivity index (χ1v) is 11.8. The first-order chi connectivity index (χ1) is 17.3. The minimum atomic E-state index is -1.42. The van der Waals surface area contributed by atoms with Crippen LogP contribution in [0.25, 0.3) is 0 Å². The third kappa shape index (κ3) is 3.51. The second kappa shape index (κ2) is 8.94. The number of amides is 3. The molecule has 1 spiro atoms. The number of benzene rings is 2. The molecule has 3 amide bonds. The number of carbonyl (C=O) groups excluding carboxylic acids is 3. The number of methoxy groups -OCH3 is 2. The molecule has 188 valence electrons. The molecule has 3 N–H and O–H groups in total. The first-order valence-electron chi connectivity index (χ1n) is 11.8. The van der Waals surface area contributed by atoms with Crippen LogP contribution in [0.5, 0.6) is 11.5 Å². The highest BCUT2D eigenvalue weighted by molar-refractivity contribution is 6.15. The SMILES string of the molecule is COc1ccc(CCN2C(=O)[C@@H]3[C@H](CCC(=O)O)N[C@]4(C(=O)Nc5ccccc54)[C@@H]3C2=O)cc1OC. The van der Waals surface area contributed by atoms with Gasteiger partial charge < -0.3 is 19.9 Å². The molecular formula is C26H27N3O7. The average molecular weight is 494 g/mol. The first kappa shape index (κ1) is 23.8. The maximum absolute atomic E-state index is 13.8. The smallest absolute Gasteiger partial charge is 0.303 e. The minimum Gasteiger partial charge on any atom is -0.493 e. The standard InChI is InChI=1S/C26H27N3O7/c1-35-18-9-7-14(13-19(18)36-2)11-12-29-23(32)21-17(8-10-20(30)31)28-26(22(21)24(29)33)15-5-3-4-6-16(15)27-25(26)34/h3-7,9,13,17,21-22,28H,8,10-12H2,1-2H3,(H,27,34)(H,30,31)/t17-,21+,22-,26-/m0/s1. The quantitative estimate of drug-likeness (QED) is 0.472. The summed E-state index contributed by atoms with van der Waals surface area (Å²) in [7, 11) is 3.07. The van der Waals surface area contributed by atoms with Gasteiger partial charge in [-0.3, -0.25) is 29.4 Å². The van der Waals surface area contributed by atoms with E-state index in [9.17, 15) is 24.3 Å². The van der Waals surface area contributed by atoms with E-state index in [4.69, 9.17) is 9.47 Å². The van der Waals surface area contributed by atoms with Crippen LogP contribution < -0.4 is 20.1 Å². The summed E-state index contributed by atoms with van der Waals surface area (Å²) in [5, 5.41) is 15.3. The summed E-state index contributed by atoms with van der Waals surface area (Å²) < 4.78 is 10.6. The Morgan fingerprint density at radius 3 is 2.53 bits per heavy atom. The van der Waals surface area contributed by atoms with Crippen LogP contribution in [0.15, 0.2) is 42.5 Å². The van der Waals surface area contributed by atoms with Gasteiger partial charge in [-0.25, -0.2) is 0 Å². The van der Waals surface area contributed by atoms with Crippen molar-refractivity contribution in [2.75, 3.05) is 26.1 Å². The van der Waals surface area contributed by atoms with Gasteiger partial charge in [0.25, 0.3) is 0 Å². The van der Waals surface area contributed by atoms with E-state index in [0.717, 1.165) is 5.56 Å². The molecule has 10 heteroatoms. The maximum Gasteiger partial charge on any atom is 0.303 e. The fourth-order valence-electron chi connectivity index (χ4n) is 5.84. The molecule has 2 saturated heterocycles. The topological polar surface area (TPSA) is 134 Å². The van der Waals surface area contributed by atoms with E-state index in [0.29, 0.717) is 29.2 Å². The van der Waals surface area contributed by atoms with Gasteiger partial charge in [0.05, 0.1) is 26.1 Å². The van der Waals surface area contributed by atoms with Gasteiger partial charge in [0, 0.05) is 30.3 Å². The second-order valence-electron chi connectivity index (χ2n) is 9.26. The molecule has 10 nitrogen and oxygen atoms in total. The number of carboxylic acid groups (broad SMARTS) is 1. The zero-order valence-corrected chi connectivity index (χ0v) is 19.9. The highest BCUT2D eigenvalue weighted by atomic mass is 16.5. The maximum atomic E-state index is 13.8. The number of para-hydroxylation sites is 1. The van der Waals surface area contributed by atoms with Crippen LogP contribution in [0, 0.1) is 11.8 Å². The Labute approximate surface area is 207 Å². The summed E-state index contributed by atoms with van der Waals surface area (Å²) in [6.07, 6.45) is 0.323. The lowest BCUT2D eigenvalue weighted by atomic mass is 9.76. The predicted molar refractivity (Wildman–Crippen MR) is 127 cm³/mol. The fraction of sp³-hybridized carbons (Fsp3) is 0.385. The molecule has 2 aromatic rings. The average Bonchev–Trinajstić information content (AvgIpc) is 3.45. The van der Waals surface area contributed by atoms with Crippen LogP contribution in [0.4, 0.5) is 5.69 Å².